The van der Waals surface area contributed by atoms with Gasteiger partial charge in [0.2, 0.25) is 0 Å². The molecule has 3 heterocycles. The Kier molecular flexibility index (Phi) is 5.21. The number of anilines is 3. The number of hydrogen-bond acceptors (Lipinski definition) is 6. The van der Waals surface area contributed by atoms with Crippen molar-refractivity contribution < 1.29 is 0 Å². The first kappa shape index (κ1) is 18.4. The number of benzene rings is 1. The molecule has 0 radical (unpaired) electrons. The van der Waals surface area contributed by atoms with Gasteiger partial charge < -0.3 is 10.2 Å². The van der Waals surface area contributed by atoms with E-state index in [0.29, 0.717) is 5.82 Å². The Bertz CT molecular complexity index is 1070. The fraction of sp³-hybridized carbons (Fsp3) is 0.227. The van der Waals surface area contributed by atoms with Gasteiger partial charge in [0, 0.05) is 47.3 Å². The fourth-order valence-electron chi connectivity index (χ4n) is 3.24. The molecule has 0 fully saturated rings. The largest absolute Gasteiger partial charge is 0.372 e. The molecule has 4 rings (SSSR count). The quantitative estimate of drug-likeness (QED) is 0.462. The molecule has 0 amide bonds. The van der Waals surface area contributed by atoms with Crippen molar-refractivity contribution in [1.29, 1.82) is 0 Å². The summed E-state index contributed by atoms with van der Waals surface area (Å²) in [6.07, 6.45) is 3.55. The molecule has 0 spiro atoms. The average molecular weight is 390 g/mol. The van der Waals surface area contributed by atoms with Gasteiger partial charge in [-0.25, -0.2) is 9.97 Å². The van der Waals surface area contributed by atoms with Gasteiger partial charge in [0.1, 0.15) is 10.6 Å². The predicted molar refractivity (Wildman–Crippen MR) is 119 cm³/mol. The molecule has 0 atom stereocenters. The Morgan fingerprint density at radius 2 is 1.82 bits per heavy atom. The van der Waals surface area contributed by atoms with Gasteiger partial charge in [0.15, 0.2) is 5.82 Å². The van der Waals surface area contributed by atoms with E-state index in [1.165, 1.54) is 10.6 Å². The summed E-state index contributed by atoms with van der Waals surface area (Å²) >= 11 is 1.68. The molecule has 6 heteroatoms. The van der Waals surface area contributed by atoms with Gasteiger partial charge in [-0.2, -0.15) is 0 Å². The molecule has 28 heavy (non-hydrogen) atoms. The Balaban J connectivity index is 1.71. The summed E-state index contributed by atoms with van der Waals surface area (Å²) in [4.78, 5) is 18.3. The summed E-state index contributed by atoms with van der Waals surface area (Å²) in [6, 6.07) is 14.5. The lowest BCUT2D eigenvalue weighted by Gasteiger charge is -2.21. The Hall–Kier alpha value is -2.99. The molecule has 0 bridgehead atoms. The van der Waals surface area contributed by atoms with E-state index < -0.39 is 0 Å². The van der Waals surface area contributed by atoms with Crippen LogP contribution in [0.2, 0.25) is 0 Å². The minimum absolute atomic E-state index is 0.685. The van der Waals surface area contributed by atoms with Crippen LogP contribution in [0.1, 0.15) is 18.7 Å². The summed E-state index contributed by atoms with van der Waals surface area (Å²) in [5.74, 6) is 1.51. The molecule has 0 unspecified atom stereocenters. The van der Waals surface area contributed by atoms with Crippen LogP contribution in [0.5, 0.6) is 0 Å². The van der Waals surface area contributed by atoms with Gasteiger partial charge >= 0.3 is 0 Å². The van der Waals surface area contributed by atoms with E-state index in [2.05, 4.69) is 66.3 Å². The first-order valence-corrected chi connectivity index (χ1v) is 10.3. The van der Waals surface area contributed by atoms with E-state index in [4.69, 9.17) is 9.97 Å². The average Bonchev–Trinajstić information content (AvgIpc) is 3.11. The van der Waals surface area contributed by atoms with Crippen LogP contribution in [-0.2, 0) is 0 Å². The fourth-order valence-corrected chi connectivity index (χ4v) is 4.12. The topological polar surface area (TPSA) is 53.9 Å². The lowest BCUT2D eigenvalue weighted by molar-refractivity contribution is 0.866. The summed E-state index contributed by atoms with van der Waals surface area (Å²) in [6.45, 7) is 8.44. The first-order valence-electron chi connectivity index (χ1n) is 9.48. The van der Waals surface area contributed by atoms with Gasteiger partial charge in [-0.05, 0) is 63.2 Å². The maximum atomic E-state index is 4.80. The van der Waals surface area contributed by atoms with Crippen LogP contribution in [0.15, 0.2) is 54.9 Å². The molecule has 0 aliphatic rings. The molecule has 4 aromatic rings. The Morgan fingerprint density at radius 3 is 2.50 bits per heavy atom. The number of aromatic nitrogens is 3. The molecule has 0 saturated carbocycles. The lowest BCUT2D eigenvalue weighted by Crippen LogP contribution is -2.21. The van der Waals surface area contributed by atoms with Crippen LogP contribution < -0.4 is 10.2 Å². The van der Waals surface area contributed by atoms with Crippen molar-refractivity contribution in [3.05, 3.63) is 59.7 Å². The van der Waals surface area contributed by atoms with E-state index in [1.54, 1.807) is 23.7 Å². The van der Waals surface area contributed by atoms with E-state index in [1.807, 2.05) is 12.1 Å². The third-order valence-corrected chi connectivity index (χ3v) is 5.64. The molecule has 5 nitrogen and oxygen atoms in total. The van der Waals surface area contributed by atoms with E-state index >= 15 is 0 Å². The Labute approximate surface area is 169 Å². The molecule has 142 valence electrons. The minimum Gasteiger partial charge on any atom is -0.372 e. The van der Waals surface area contributed by atoms with Crippen molar-refractivity contribution in [3.8, 4) is 11.4 Å². The number of rotatable bonds is 6. The molecular formula is C22H23N5S. The third kappa shape index (κ3) is 3.68. The zero-order valence-corrected chi connectivity index (χ0v) is 17.1. The molecule has 3 aromatic heterocycles. The second-order valence-electron chi connectivity index (χ2n) is 6.56. The summed E-state index contributed by atoms with van der Waals surface area (Å²) < 4.78 is 0. The van der Waals surface area contributed by atoms with Crippen molar-refractivity contribution in [2.24, 2.45) is 0 Å². The summed E-state index contributed by atoms with van der Waals surface area (Å²) in [7, 11) is 0. The van der Waals surface area contributed by atoms with Gasteiger partial charge in [0.05, 0.1) is 5.39 Å². The standard InChI is InChI=1S/C22H23N5S/c1-4-27(5-2)18-10-8-17(9-11-18)24-21-19-13-15(3)28-22(19)26-20(25-21)16-7-6-12-23-14-16/h6-14H,4-5H2,1-3H3,(H,24,25,26). The maximum absolute atomic E-state index is 4.80. The highest BCUT2D eigenvalue weighted by molar-refractivity contribution is 7.18. The van der Waals surface area contributed by atoms with Crippen molar-refractivity contribution >= 4 is 38.7 Å². The monoisotopic (exact) mass is 389 g/mol. The van der Waals surface area contributed by atoms with Crippen LogP contribution in [0.25, 0.3) is 21.6 Å². The van der Waals surface area contributed by atoms with Crippen LogP contribution in [0.4, 0.5) is 17.2 Å². The predicted octanol–water partition coefficient (Wildman–Crippen LogP) is 5.65. The number of fused-ring (bicyclic) bond motifs is 1. The van der Waals surface area contributed by atoms with E-state index in [0.717, 1.165) is 40.4 Å². The highest BCUT2D eigenvalue weighted by Gasteiger charge is 2.13. The van der Waals surface area contributed by atoms with Crippen LogP contribution in [-0.4, -0.2) is 28.0 Å². The highest BCUT2D eigenvalue weighted by atomic mass is 32.1. The van der Waals surface area contributed by atoms with Crippen molar-refractivity contribution in [1.82, 2.24) is 15.0 Å². The van der Waals surface area contributed by atoms with Gasteiger partial charge in [-0.1, -0.05) is 0 Å². The second-order valence-corrected chi connectivity index (χ2v) is 7.79. The van der Waals surface area contributed by atoms with Crippen LogP contribution >= 0.6 is 11.3 Å². The van der Waals surface area contributed by atoms with Crippen LogP contribution in [0, 0.1) is 6.92 Å². The van der Waals surface area contributed by atoms with E-state index in [-0.39, 0.29) is 0 Å². The molecular weight excluding hydrogens is 366 g/mol. The minimum atomic E-state index is 0.685. The van der Waals surface area contributed by atoms with Crippen molar-refractivity contribution in [2.45, 2.75) is 20.8 Å². The Morgan fingerprint density at radius 1 is 1.04 bits per heavy atom. The van der Waals surface area contributed by atoms with Gasteiger partial charge in [0.25, 0.3) is 0 Å². The summed E-state index contributed by atoms with van der Waals surface area (Å²) in [5.41, 5.74) is 3.15. The molecule has 0 aliphatic carbocycles. The number of hydrogen-bond donors (Lipinski definition) is 1. The number of pyridine rings is 1. The molecule has 0 aliphatic heterocycles. The third-order valence-electron chi connectivity index (χ3n) is 4.69. The summed E-state index contributed by atoms with van der Waals surface area (Å²) in [5, 5.41) is 4.53. The van der Waals surface area contributed by atoms with E-state index in [9.17, 15) is 0 Å². The molecule has 1 N–H and O–H groups in total. The smallest absolute Gasteiger partial charge is 0.164 e. The lowest BCUT2D eigenvalue weighted by atomic mass is 10.2. The first-order chi connectivity index (χ1) is 13.7. The number of nitrogens with one attached hydrogen (secondary N) is 1. The van der Waals surface area contributed by atoms with Gasteiger partial charge in [-0.3, -0.25) is 4.98 Å². The zero-order valence-electron chi connectivity index (χ0n) is 16.3. The molecule has 1 aromatic carbocycles. The highest BCUT2D eigenvalue weighted by Crippen LogP contribution is 2.32. The van der Waals surface area contributed by atoms with Crippen molar-refractivity contribution in [2.75, 3.05) is 23.3 Å². The van der Waals surface area contributed by atoms with Crippen LogP contribution in [0.3, 0.4) is 0 Å². The van der Waals surface area contributed by atoms with Gasteiger partial charge in [-0.15, -0.1) is 11.3 Å². The number of aryl methyl sites for hydroxylation is 1. The normalized spacial score (nSPS) is 11.0. The maximum Gasteiger partial charge on any atom is 0.164 e. The second kappa shape index (κ2) is 7.94. The molecule has 0 saturated heterocycles. The SMILES string of the molecule is CCN(CC)c1ccc(Nc2nc(-c3cccnc3)nc3sc(C)cc23)cc1. The van der Waals surface area contributed by atoms with Crippen molar-refractivity contribution in [3.63, 3.8) is 0 Å². The zero-order chi connectivity index (χ0) is 19.5. The number of nitrogens with zero attached hydrogens (tertiary/aromatic N) is 4. The number of thiophene rings is 1.